The maximum absolute atomic E-state index is 14.7. The molecule has 0 spiro atoms. The number of fused-ring (bicyclic) bond motifs is 1. The lowest BCUT2D eigenvalue weighted by atomic mass is 10.1. The van der Waals surface area contributed by atoms with Crippen LogP contribution in [0.1, 0.15) is 33.3 Å². The second-order valence-corrected chi connectivity index (χ2v) is 9.36. The van der Waals surface area contributed by atoms with Crippen LogP contribution in [0.2, 0.25) is 5.28 Å². The zero-order valence-corrected chi connectivity index (χ0v) is 19.5. The third kappa shape index (κ3) is 4.97. The second-order valence-electron chi connectivity index (χ2n) is 8.23. The summed E-state index contributed by atoms with van der Waals surface area (Å²) in [5.41, 5.74) is -2.16. The van der Waals surface area contributed by atoms with Crippen molar-refractivity contribution in [3.05, 3.63) is 27.2 Å². The molecular formula is C19H20BrClF4N4O2. The van der Waals surface area contributed by atoms with Gasteiger partial charge in [-0.3, -0.25) is 0 Å². The van der Waals surface area contributed by atoms with Gasteiger partial charge in [0.25, 0.3) is 0 Å². The predicted octanol–water partition coefficient (Wildman–Crippen LogP) is 5.65. The number of carbonyl (C=O) groups excluding carboxylic acids is 1. The zero-order chi connectivity index (χ0) is 23.3. The number of alkyl halides is 3. The van der Waals surface area contributed by atoms with Gasteiger partial charge >= 0.3 is 12.3 Å². The van der Waals surface area contributed by atoms with Gasteiger partial charge in [-0.1, -0.05) is 0 Å². The van der Waals surface area contributed by atoms with Crippen molar-refractivity contribution in [3.8, 4) is 0 Å². The van der Waals surface area contributed by atoms with Gasteiger partial charge in [-0.25, -0.2) is 14.2 Å². The maximum atomic E-state index is 14.7. The first kappa shape index (κ1) is 23.8. The number of anilines is 1. The highest BCUT2D eigenvalue weighted by atomic mass is 79.9. The lowest BCUT2D eigenvalue weighted by Crippen LogP contribution is -2.55. The van der Waals surface area contributed by atoms with Crippen molar-refractivity contribution in [2.24, 2.45) is 0 Å². The predicted molar refractivity (Wildman–Crippen MR) is 112 cm³/mol. The van der Waals surface area contributed by atoms with Gasteiger partial charge in [-0.15, -0.1) is 0 Å². The molecule has 1 aromatic carbocycles. The third-order valence-corrected chi connectivity index (χ3v) is 5.63. The van der Waals surface area contributed by atoms with E-state index in [0.29, 0.717) is 0 Å². The van der Waals surface area contributed by atoms with Gasteiger partial charge in [0.05, 0.1) is 10.0 Å². The van der Waals surface area contributed by atoms with Crippen LogP contribution < -0.4 is 4.90 Å². The van der Waals surface area contributed by atoms with Crippen molar-refractivity contribution in [1.29, 1.82) is 0 Å². The molecule has 0 aliphatic carbocycles. The van der Waals surface area contributed by atoms with Crippen molar-refractivity contribution in [3.63, 3.8) is 0 Å². The van der Waals surface area contributed by atoms with Crippen molar-refractivity contribution in [2.75, 3.05) is 24.5 Å². The number of nitrogens with zero attached hydrogens (tertiary/aromatic N) is 4. The van der Waals surface area contributed by atoms with E-state index in [9.17, 15) is 22.4 Å². The SMILES string of the molecule is CC1CN(c2nc(Cl)nc3c(F)c(Br)c(C(F)(F)F)cc23)CCN1C(=O)OC(C)(C)C. The van der Waals surface area contributed by atoms with E-state index in [4.69, 9.17) is 16.3 Å². The highest BCUT2D eigenvalue weighted by molar-refractivity contribution is 9.10. The number of hydrogen-bond donors (Lipinski definition) is 0. The fraction of sp³-hybridized carbons (Fsp3) is 0.526. The van der Waals surface area contributed by atoms with Gasteiger partial charge < -0.3 is 14.5 Å². The molecule has 6 nitrogen and oxygen atoms in total. The molecule has 1 aromatic heterocycles. The Morgan fingerprint density at radius 1 is 1.26 bits per heavy atom. The van der Waals surface area contributed by atoms with E-state index in [-0.39, 0.29) is 47.7 Å². The summed E-state index contributed by atoms with van der Waals surface area (Å²) in [5, 5.41) is -0.411. The van der Waals surface area contributed by atoms with Crippen LogP contribution in [0.25, 0.3) is 10.9 Å². The monoisotopic (exact) mass is 526 g/mol. The molecule has 31 heavy (non-hydrogen) atoms. The Kier molecular flexibility index (Phi) is 6.31. The Hall–Kier alpha value is -1.88. The Morgan fingerprint density at radius 2 is 1.90 bits per heavy atom. The van der Waals surface area contributed by atoms with Crippen LogP contribution >= 0.6 is 27.5 Å². The molecule has 0 radical (unpaired) electrons. The van der Waals surface area contributed by atoms with E-state index >= 15 is 0 Å². The largest absolute Gasteiger partial charge is 0.444 e. The Bertz CT molecular complexity index is 1030. The molecule has 2 aromatic rings. The third-order valence-electron chi connectivity index (χ3n) is 4.68. The van der Waals surface area contributed by atoms with Crippen LogP contribution in [0.15, 0.2) is 10.5 Å². The quantitative estimate of drug-likeness (QED) is 0.354. The molecule has 1 unspecified atom stereocenters. The van der Waals surface area contributed by atoms with E-state index < -0.39 is 33.7 Å². The molecule has 1 aliphatic rings. The Morgan fingerprint density at radius 3 is 2.45 bits per heavy atom. The van der Waals surface area contributed by atoms with Crippen LogP contribution in [0, 0.1) is 5.82 Å². The number of carbonyl (C=O) groups is 1. The molecule has 0 N–H and O–H groups in total. The molecule has 1 atom stereocenters. The summed E-state index contributed by atoms with van der Waals surface area (Å²) in [5.74, 6) is -1.10. The topological polar surface area (TPSA) is 58.6 Å². The van der Waals surface area contributed by atoms with Crippen LogP contribution in [-0.2, 0) is 10.9 Å². The van der Waals surface area contributed by atoms with Crippen molar-refractivity contribution < 1.29 is 27.1 Å². The highest BCUT2D eigenvalue weighted by Crippen LogP contribution is 2.41. The fourth-order valence-corrected chi connectivity index (χ4v) is 4.04. The Labute approximate surface area is 189 Å². The van der Waals surface area contributed by atoms with Crippen LogP contribution in [0.4, 0.5) is 28.2 Å². The van der Waals surface area contributed by atoms with Crippen molar-refractivity contribution in [2.45, 2.75) is 45.5 Å². The minimum absolute atomic E-state index is 0.0718. The van der Waals surface area contributed by atoms with Crippen LogP contribution in [-0.4, -0.2) is 52.2 Å². The van der Waals surface area contributed by atoms with Crippen LogP contribution in [0.3, 0.4) is 0 Å². The molecule has 1 aliphatic heterocycles. The normalized spacial score (nSPS) is 17.9. The number of hydrogen-bond acceptors (Lipinski definition) is 5. The molecule has 0 bridgehead atoms. The number of piperazine rings is 1. The van der Waals surface area contributed by atoms with Gasteiger partial charge in [-0.05, 0) is 61.3 Å². The fourth-order valence-electron chi connectivity index (χ4n) is 3.35. The highest BCUT2D eigenvalue weighted by Gasteiger charge is 2.37. The molecule has 1 amide bonds. The standard InChI is InChI=1S/C19H20BrClF4N4O2/c1-9-8-28(5-6-29(9)17(30)31-18(2,3)4)15-10-7-11(19(23,24)25)12(20)13(22)14(10)26-16(21)27-15/h7,9H,5-6,8H2,1-4H3. The minimum atomic E-state index is -4.78. The number of aromatic nitrogens is 2. The molecule has 2 heterocycles. The minimum Gasteiger partial charge on any atom is -0.444 e. The average molecular weight is 528 g/mol. The summed E-state index contributed by atoms with van der Waals surface area (Å²) >= 11 is 8.62. The second kappa shape index (κ2) is 8.23. The number of amides is 1. The molecular weight excluding hydrogens is 508 g/mol. The Balaban J connectivity index is 2.00. The van der Waals surface area contributed by atoms with E-state index in [1.54, 1.807) is 32.6 Å². The number of benzene rings is 1. The lowest BCUT2D eigenvalue weighted by Gasteiger charge is -2.41. The summed E-state index contributed by atoms with van der Waals surface area (Å²) in [6.07, 6.45) is -5.27. The molecule has 0 saturated carbocycles. The summed E-state index contributed by atoms with van der Waals surface area (Å²) in [4.78, 5) is 23.5. The summed E-state index contributed by atoms with van der Waals surface area (Å²) in [6, 6.07) is 0.466. The van der Waals surface area contributed by atoms with Gasteiger partial charge in [0.1, 0.15) is 16.9 Å². The van der Waals surface area contributed by atoms with Crippen molar-refractivity contribution in [1.82, 2.24) is 14.9 Å². The molecule has 170 valence electrons. The molecule has 1 saturated heterocycles. The number of rotatable bonds is 1. The number of ether oxygens (including phenoxy) is 1. The van der Waals surface area contributed by atoms with Gasteiger partial charge in [0, 0.05) is 31.1 Å². The van der Waals surface area contributed by atoms with Crippen LogP contribution in [0.5, 0.6) is 0 Å². The molecule has 12 heteroatoms. The first-order chi connectivity index (χ1) is 14.2. The van der Waals surface area contributed by atoms with Gasteiger partial charge in [0.15, 0.2) is 5.82 Å². The first-order valence-corrected chi connectivity index (χ1v) is 10.5. The molecule has 1 fully saturated rings. The van der Waals surface area contributed by atoms with Gasteiger partial charge in [0.2, 0.25) is 5.28 Å². The molecule has 3 rings (SSSR count). The van der Waals surface area contributed by atoms with E-state index in [2.05, 4.69) is 25.9 Å². The van der Waals surface area contributed by atoms with Crippen molar-refractivity contribution >= 4 is 50.3 Å². The first-order valence-electron chi connectivity index (χ1n) is 9.36. The van der Waals surface area contributed by atoms with Gasteiger partial charge in [-0.2, -0.15) is 18.2 Å². The van der Waals surface area contributed by atoms with E-state index in [1.165, 1.54) is 4.90 Å². The van der Waals surface area contributed by atoms with E-state index in [0.717, 1.165) is 6.07 Å². The summed E-state index contributed by atoms with van der Waals surface area (Å²) < 4.78 is 59.6. The smallest absolute Gasteiger partial charge is 0.417 e. The summed E-state index contributed by atoms with van der Waals surface area (Å²) in [7, 11) is 0. The zero-order valence-electron chi connectivity index (χ0n) is 17.1. The maximum Gasteiger partial charge on any atom is 0.417 e. The number of halogens is 6. The van der Waals surface area contributed by atoms with E-state index in [1.807, 2.05) is 0 Å². The summed E-state index contributed by atoms with van der Waals surface area (Å²) in [6.45, 7) is 7.76. The lowest BCUT2D eigenvalue weighted by molar-refractivity contribution is -0.138. The average Bonchev–Trinajstić information content (AvgIpc) is 2.61.